The number of hydrogen-bond acceptors (Lipinski definition) is 1. The maximum Gasteiger partial charge on any atom is 0.119 e. The van der Waals surface area contributed by atoms with E-state index >= 15 is 0 Å². The molecule has 0 aliphatic heterocycles. The fraction of sp³-hybridized carbons (Fsp3) is 0.333. The summed E-state index contributed by atoms with van der Waals surface area (Å²) in [5.74, 6) is 0.407. The van der Waals surface area contributed by atoms with Crippen LogP contribution in [0.1, 0.15) is 76.0 Å². The van der Waals surface area contributed by atoms with Gasteiger partial charge < -0.3 is 5.11 Å². The predicted octanol–water partition coefficient (Wildman–Crippen LogP) is 8.87. The summed E-state index contributed by atoms with van der Waals surface area (Å²) in [4.78, 5) is 0. The van der Waals surface area contributed by atoms with Crippen molar-refractivity contribution in [3.05, 3.63) is 89.5 Å². The number of rotatable bonds is 10. The summed E-state index contributed by atoms with van der Waals surface area (Å²) in [5, 5.41) is 10.6. The molecule has 1 N–H and O–H groups in total. The van der Waals surface area contributed by atoms with Crippen LogP contribution < -0.4 is 0 Å². The zero-order valence-electron chi connectivity index (χ0n) is 19.3. The molecule has 0 radical (unpaired) electrons. The van der Waals surface area contributed by atoms with Crippen molar-refractivity contribution in [1.29, 1.82) is 0 Å². The molecule has 0 spiro atoms. The summed E-state index contributed by atoms with van der Waals surface area (Å²) in [6.45, 7) is 6.76. The zero-order chi connectivity index (χ0) is 22.1. The van der Waals surface area contributed by atoms with Gasteiger partial charge in [0.05, 0.1) is 0 Å². The van der Waals surface area contributed by atoms with Gasteiger partial charge >= 0.3 is 0 Å². The van der Waals surface area contributed by atoms with Gasteiger partial charge in [0.2, 0.25) is 0 Å². The molecule has 3 aromatic carbocycles. The first-order valence-electron chi connectivity index (χ1n) is 11.7. The lowest BCUT2D eigenvalue weighted by Gasteiger charge is -2.27. The first-order valence-corrected chi connectivity index (χ1v) is 11.7. The van der Waals surface area contributed by atoms with Crippen molar-refractivity contribution >= 4 is 12.2 Å². The average Bonchev–Trinajstić information content (AvgIpc) is 2.79. The highest BCUT2D eigenvalue weighted by molar-refractivity contribution is 5.72. The lowest BCUT2D eigenvalue weighted by molar-refractivity contribution is 0.406. The number of aromatic hydroxyl groups is 1. The van der Waals surface area contributed by atoms with E-state index in [9.17, 15) is 5.11 Å². The van der Waals surface area contributed by atoms with Gasteiger partial charge in [0.1, 0.15) is 5.75 Å². The van der Waals surface area contributed by atoms with Crippen LogP contribution in [0.5, 0.6) is 5.75 Å². The highest BCUT2D eigenvalue weighted by Gasteiger charge is 2.24. The van der Waals surface area contributed by atoms with Crippen LogP contribution in [0, 0.1) is 0 Å². The maximum atomic E-state index is 10.6. The summed E-state index contributed by atoms with van der Waals surface area (Å²) in [7, 11) is 0. The number of unbranched alkanes of at least 4 members (excludes halogenated alkanes) is 4. The number of phenolic OH excluding ortho intramolecular Hbond substituents is 1. The molecule has 31 heavy (non-hydrogen) atoms. The molecule has 0 fully saturated rings. The fourth-order valence-electron chi connectivity index (χ4n) is 4.11. The molecule has 162 valence electrons. The zero-order valence-corrected chi connectivity index (χ0v) is 19.3. The van der Waals surface area contributed by atoms with Crippen LogP contribution in [0.4, 0.5) is 0 Å². The van der Waals surface area contributed by atoms with E-state index in [0.29, 0.717) is 5.75 Å². The lowest BCUT2D eigenvalue weighted by atomic mass is 9.78. The summed E-state index contributed by atoms with van der Waals surface area (Å²) < 4.78 is 0. The van der Waals surface area contributed by atoms with Crippen molar-refractivity contribution in [3.8, 4) is 16.9 Å². The van der Waals surface area contributed by atoms with E-state index in [0.717, 1.165) is 17.5 Å². The van der Waals surface area contributed by atoms with Gasteiger partial charge in [0, 0.05) is 5.56 Å². The lowest BCUT2D eigenvalue weighted by Crippen LogP contribution is -2.17. The maximum absolute atomic E-state index is 10.6. The Morgan fingerprint density at radius 1 is 0.710 bits per heavy atom. The van der Waals surface area contributed by atoms with Gasteiger partial charge in [-0.3, -0.25) is 0 Å². The highest BCUT2D eigenvalue weighted by atomic mass is 16.3. The molecule has 0 amide bonds. The van der Waals surface area contributed by atoms with E-state index in [1.165, 1.54) is 48.8 Å². The minimum Gasteiger partial charge on any atom is -0.508 e. The third kappa shape index (κ3) is 6.59. The summed E-state index contributed by atoms with van der Waals surface area (Å²) in [6, 6.07) is 25.0. The minimum absolute atomic E-state index is 0.0370. The molecular weight excluding hydrogens is 376 g/mol. The van der Waals surface area contributed by atoms with Crippen LogP contribution in [0.25, 0.3) is 23.3 Å². The SMILES string of the molecule is CCCCCCCC(C)(C)c1cc(-c2ccc(/C=C/c3ccccc3)cc2)ccc1O. The van der Waals surface area contributed by atoms with Crippen LogP contribution in [-0.4, -0.2) is 5.11 Å². The molecule has 3 aromatic rings. The van der Waals surface area contributed by atoms with Crippen LogP contribution in [0.3, 0.4) is 0 Å². The molecule has 1 heteroatoms. The van der Waals surface area contributed by atoms with Gasteiger partial charge in [-0.05, 0) is 46.2 Å². The van der Waals surface area contributed by atoms with E-state index in [-0.39, 0.29) is 5.41 Å². The molecular formula is C30H36O. The molecule has 0 unspecified atom stereocenters. The Kier molecular flexibility index (Phi) is 8.12. The Bertz CT molecular complexity index is 965. The molecule has 3 rings (SSSR count). The first-order chi connectivity index (χ1) is 15.0. The Balaban J connectivity index is 1.72. The van der Waals surface area contributed by atoms with Gasteiger partial charge in [-0.2, -0.15) is 0 Å². The van der Waals surface area contributed by atoms with Crippen molar-refractivity contribution in [1.82, 2.24) is 0 Å². The summed E-state index contributed by atoms with van der Waals surface area (Å²) >= 11 is 0. The topological polar surface area (TPSA) is 20.2 Å². The molecule has 0 heterocycles. The minimum atomic E-state index is -0.0370. The van der Waals surface area contributed by atoms with Crippen molar-refractivity contribution < 1.29 is 5.11 Å². The van der Waals surface area contributed by atoms with Gasteiger partial charge in [-0.15, -0.1) is 0 Å². The number of benzene rings is 3. The number of phenols is 1. The van der Waals surface area contributed by atoms with Gasteiger partial charge in [0.15, 0.2) is 0 Å². The van der Waals surface area contributed by atoms with Gasteiger partial charge in [-0.1, -0.05) is 126 Å². The second-order valence-electron chi connectivity index (χ2n) is 9.15. The normalized spacial score (nSPS) is 11.8. The summed E-state index contributed by atoms with van der Waals surface area (Å²) in [6.07, 6.45) is 11.7. The molecule has 0 bridgehead atoms. The van der Waals surface area contributed by atoms with Gasteiger partial charge in [-0.25, -0.2) is 0 Å². The molecule has 0 saturated heterocycles. The Hall–Kier alpha value is -2.80. The average molecular weight is 413 g/mol. The van der Waals surface area contributed by atoms with Crippen LogP contribution >= 0.6 is 0 Å². The van der Waals surface area contributed by atoms with Crippen molar-refractivity contribution in [3.63, 3.8) is 0 Å². The second kappa shape index (κ2) is 11.0. The highest BCUT2D eigenvalue weighted by Crippen LogP contribution is 2.38. The largest absolute Gasteiger partial charge is 0.508 e. The van der Waals surface area contributed by atoms with Crippen molar-refractivity contribution in [2.24, 2.45) is 0 Å². The van der Waals surface area contributed by atoms with Crippen LogP contribution in [0.2, 0.25) is 0 Å². The molecule has 0 aromatic heterocycles. The third-order valence-corrected chi connectivity index (χ3v) is 6.14. The predicted molar refractivity (Wildman–Crippen MR) is 135 cm³/mol. The Morgan fingerprint density at radius 2 is 1.32 bits per heavy atom. The number of hydrogen-bond donors (Lipinski definition) is 1. The van der Waals surface area contributed by atoms with E-state index in [1.807, 2.05) is 18.2 Å². The van der Waals surface area contributed by atoms with Crippen LogP contribution in [-0.2, 0) is 5.41 Å². The third-order valence-electron chi connectivity index (χ3n) is 6.14. The van der Waals surface area contributed by atoms with E-state index in [2.05, 4.69) is 87.5 Å². The van der Waals surface area contributed by atoms with Gasteiger partial charge in [0.25, 0.3) is 0 Å². The Labute approximate surface area is 188 Å². The fourth-order valence-corrected chi connectivity index (χ4v) is 4.11. The van der Waals surface area contributed by atoms with E-state index < -0.39 is 0 Å². The van der Waals surface area contributed by atoms with Crippen LogP contribution in [0.15, 0.2) is 72.8 Å². The van der Waals surface area contributed by atoms with E-state index in [4.69, 9.17) is 0 Å². The molecule has 0 atom stereocenters. The molecule has 0 saturated carbocycles. The first kappa shape index (κ1) is 22.9. The second-order valence-corrected chi connectivity index (χ2v) is 9.15. The smallest absolute Gasteiger partial charge is 0.119 e. The standard InChI is InChI=1S/C30H36O/c1-4-5-6-7-11-22-30(2,3)28-23-27(20-21-29(28)31)26-18-16-25(17-19-26)15-14-24-12-9-8-10-13-24/h8-10,12-21,23,31H,4-7,11,22H2,1-3H3/b15-14+. The Morgan fingerprint density at radius 3 is 2.00 bits per heavy atom. The molecule has 0 aliphatic rings. The molecule has 0 aliphatic carbocycles. The molecule has 1 nitrogen and oxygen atoms in total. The van der Waals surface area contributed by atoms with Crippen molar-refractivity contribution in [2.75, 3.05) is 0 Å². The quantitative estimate of drug-likeness (QED) is 0.260. The summed E-state index contributed by atoms with van der Waals surface area (Å²) in [5.41, 5.74) is 5.73. The van der Waals surface area contributed by atoms with Crippen molar-refractivity contribution in [2.45, 2.75) is 64.7 Å². The monoisotopic (exact) mass is 412 g/mol. The van der Waals surface area contributed by atoms with E-state index in [1.54, 1.807) is 0 Å².